The molecule has 1 amide bonds. The molecule has 8 nitrogen and oxygen atoms in total. The molecule has 0 aliphatic carbocycles. The van der Waals surface area contributed by atoms with E-state index < -0.39 is 6.09 Å². The van der Waals surface area contributed by atoms with Crippen LogP contribution in [0, 0.1) is 0 Å². The molecule has 0 atom stereocenters. The zero-order valence-electron chi connectivity index (χ0n) is 11.7. The van der Waals surface area contributed by atoms with Crippen molar-refractivity contribution in [2.24, 2.45) is 0 Å². The predicted molar refractivity (Wildman–Crippen MR) is 75.4 cm³/mol. The maximum Gasteiger partial charge on any atom is 0.407 e. The lowest BCUT2D eigenvalue weighted by Gasteiger charge is -2.25. The molecule has 110 valence electrons. The van der Waals surface area contributed by atoms with Gasteiger partial charge in [-0.3, -0.25) is 0 Å². The normalized spacial score (nSPS) is 13.9. The van der Waals surface area contributed by atoms with Crippen molar-refractivity contribution in [2.75, 3.05) is 11.9 Å². The molecule has 0 saturated heterocycles. The summed E-state index contributed by atoms with van der Waals surface area (Å²) in [5.41, 5.74) is 1.76. The summed E-state index contributed by atoms with van der Waals surface area (Å²) in [5.74, 6) is 1.26. The molecule has 0 bridgehead atoms. The smallest absolute Gasteiger partial charge is 0.407 e. The van der Waals surface area contributed by atoms with Crippen molar-refractivity contribution in [3.63, 3.8) is 0 Å². The van der Waals surface area contributed by atoms with E-state index >= 15 is 0 Å². The summed E-state index contributed by atoms with van der Waals surface area (Å²) >= 11 is 0. The van der Waals surface area contributed by atoms with Crippen molar-refractivity contribution >= 4 is 17.9 Å². The van der Waals surface area contributed by atoms with E-state index in [4.69, 9.17) is 5.11 Å². The molecule has 1 aliphatic rings. The number of nitrogens with one attached hydrogen (secondary N) is 1. The average Bonchev–Trinajstić information content (AvgIpc) is 2.93. The number of aryl methyl sites for hydroxylation is 1. The van der Waals surface area contributed by atoms with Crippen LogP contribution in [0.3, 0.4) is 0 Å². The molecule has 1 aliphatic heterocycles. The molecule has 0 aromatic carbocycles. The zero-order chi connectivity index (χ0) is 14.8. The van der Waals surface area contributed by atoms with Crippen LogP contribution in [0.4, 0.5) is 16.6 Å². The van der Waals surface area contributed by atoms with E-state index in [1.807, 2.05) is 13.0 Å². The van der Waals surface area contributed by atoms with Crippen LogP contribution in [0.2, 0.25) is 0 Å². The van der Waals surface area contributed by atoms with Crippen LogP contribution in [0.25, 0.3) is 0 Å². The molecule has 0 saturated carbocycles. The van der Waals surface area contributed by atoms with Crippen molar-refractivity contribution in [1.29, 1.82) is 0 Å². The number of hydrogen-bond acceptors (Lipinski definition) is 5. The SMILES string of the molecule is CCn1nccc1Nc1ncc2c(n1)CN(C(=O)O)CC2. The Kier molecular flexibility index (Phi) is 3.43. The van der Waals surface area contributed by atoms with Crippen LogP contribution in [-0.4, -0.2) is 42.4 Å². The number of rotatable bonds is 3. The second-order valence-corrected chi connectivity index (χ2v) is 4.78. The van der Waals surface area contributed by atoms with E-state index in [0.717, 1.165) is 23.6 Å². The Labute approximate surface area is 121 Å². The quantitative estimate of drug-likeness (QED) is 0.888. The third-order valence-corrected chi connectivity index (χ3v) is 3.47. The average molecular weight is 288 g/mol. The molecule has 0 spiro atoms. The van der Waals surface area contributed by atoms with Gasteiger partial charge in [0.15, 0.2) is 0 Å². The molecule has 2 aromatic heterocycles. The van der Waals surface area contributed by atoms with E-state index in [1.165, 1.54) is 4.90 Å². The highest BCUT2D eigenvalue weighted by Crippen LogP contribution is 2.19. The Morgan fingerprint density at radius 2 is 2.38 bits per heavy atom. The number of anilines is 2. The van der Waals surface area contributed by atoms with Gasteiger partial charge in [-0.1, -0.05) is 0 Å². The maximum absolute atomic E-state index is 11.0. The van der Waals surface area contributed by atoms with Crippen molar-refractivity contribution in [1.82, 2.24) is 24.6 Å². The van der Waals surface area contributed by atoms with Gasteiger partial charge in [0, 0.05) is 25.4 Å². The van der Waals surface area contributed by atoms with Crippen LogP contribution < -0.4 is 5.32 Å². The lowest BCUT2D eigenvalue weighted by molar-refractivity contribution is 0.139. The minimum Gasteiger partial charge on any atom is -0.465 e. The molecule has 2 aromatic rings. The summed E-state index contributed by atoms with van der Waals surface area (Å²) in [6.07, 6.45) is 3.19. The number of carboxylic acid groups (broad SMARTS) is 1. The van der Waals surface area contributed by atoms with Crippen molar-refractivity contribution < 1.29 is 9.90 Å². The summed E-state index contributed by atoms with van der Waals surface area (Å²) in [7, 11) is 0. The number of nitrogens with zero attached hydrogens (tertiary/aromatic N) is 5. The number of aromatic nitrogens is 4. The highest BCUT2D eigenvalue weighted by Gasteiger charge is 2.21. The minimum atomic E-state index is -0.919. The number of hydrogen-bond donors (Lipinski definition) is 2. The molecule has 8 heteroatoms. The number of carbonyl (C=O) groups is 1. The van der Waals surface area contributed by atoms with Gasteiger partial charge in [-0.2, -0.15) is 5.10 Å². The van der Waals surface area contributed by atoms with Gasteiger partial charge in [-0.05, 0) is 18.9 Å². The van der Waals surface area contributed by atoms with E-state index in [2.05, 4.69) is 20.4 Å². The fourth-order valence-corrected chi connectivity index (χ4v) is 2.33. The second-order valence-electron chi connectivity index (χ2n) is 4.78. The lowest BCUT2D eigenvalue weighted by atomic mass is 10.1. The van der Waals surface area contributed by atoms with Gasteiger partial charge < -0.3 is 15.3 Å². The Bertz CT molecular complexity index is 668. The van der Waals surface area contributed by atoms with Crippen molar-refractivity contribution in [2.45, 2.75) is 26.4 Å². The van der Waals surface area contributed by atoms with Gasteiger partial charge in [-0.15, -0.1) is 0 Å². The fraction of sp³-hybridized carbons (Fsp3) is 0.385. The summed E-state index contributed by atoms with van der Waals surface area (Å²) in [4.78, 5) is 21.1. The van der Waals surface area contributed by atoms with Gasteiger partial charge in [0.25, 0.3) is 0 Å². The van der Waals surface area contributed by atoms with Gasteiger partial charge in [-0.25, -0.2) is 19.4 Å². The summed E-state index contributed by atoms with van der Waals surface area (Å²) in [5, 5.41) is 16.3. The molecule has 3 heterocycles. The Morgan fingerprint density at radius 1 is 1.52 bits per heavy atom. The minimum absolute atomic E-state index is 0.301. The number of fused-ring (bicyclic) bond motifs is 1. The first-order chi connectivity index (χ1) is 10.2. The van der Waals surface area contributed by atoms with Crippen LogP contribution in [-0.2, 0) is 19.5 Å². The largest absolute Gasteiger partial charge is 0.465 e. The lowest BCUT2D eigenvalue weighted by Crippen LogP contribution is -2.35. The maximum atomic E-state index is 11.0. The first-order valence-electron chi connectivity index (χ1n) is 6.79. The third-order valence-electron chi connectivity index (χ3n) is 3.47. The van der Waals surface area contributed by atoms with E-state index in [0.29, 0.717) is 25.5 Å². The van der Waals surface area contributed by atoms with Gasteiger partial charge in [0.2, 0.25) is 5.95 Å². The van der Waals surface area contributed by atoms with Gasteiger partial charge >= 0.3 is 6.09 Å². The molecule has 2 N–H and O–H groups in total. The summed E-state index contributed by atoms with van der Waals surface area (Å²) in [6.45, 7) is 3.53. The van der Waals surface area contributed by atoms with E-state index in [-0.39, 0.29) is 0 Å². The van der Waals surface area contributed by atoms with Crippen LogP contribution in [0.1, 0.15) is 18.2 Å². The van der Waals surface area contributed by atoms with Gasteiger partial charge in [0.05, 0.1) is 18.4 Å². The fourth-order valence-electron chi connectivity index (χ4n) is 2.33. The van der Waals surface area contributed by atoms with Crippen molar-refractivity contribution in [3.05, 3.63) is 29.7 Å². The Hall–Kier alpha value is -2.64. The van der Waals surface area contributed by atoms with Crippen molar-refractivity contribution in [3.8, 4) is 0 Å². The van der Waals surface area contributed by atoms with E-state index in [9.17, 15) is 4.79 Å². The predicted octanol–water partition coefficient (Wildman–Crippen LogP) is 1.47. The first kappa shape index (κ1) is 13.3. The highest BCUT2D eigenvalue weighted by atomic mass is 16.4. The second kappa shape index (κ2) is 5.39. The standard InChI is InChI=1S/C13H16N6O2/c1-2-19-11(3-5-15-19)17-12-14-7-9-4-6-18(13(20)21)8-10(9)16-12/h3,5,7H,2,4,6,8H2,1H3,(H,20,21)(H,14,16,17). The number of amides is 1. The Morgan fingerprint density at radius 3 is 3.14 bits per heavy atom. The molecule has 0 unspecified atom stereocenters. The van der Waals surface area contributed by atoms with Crippen LogP contribution >= 0.6 is 0 Å². The summed E-state index contributed by atoms with van der Waals surface area (Å²) < 4.78 is 1.80. The zero-order valence-corrected chi connectivity index (χ0v) is 11.7. The topological polar surface area (TPSA) is 96.2 Å². The molecule has 0 radical (unpaired) electrons. The molecular weight excluding hydrogens is 272 g/mol. The van der Waals surface area contributed by atoms with Gasteiger partial charge in [0.1, 0.15) is 5.82 Å². The Balaban J connectivity index is 1.82. The third kappa shape index (κ3) is 2.64. The van der Waals surface area contributed by atoms with Crippen LogP contribution in [0.15, 0.2) is 18.5 Å². The molecule has 3 rings (SSSR count). The highest BCUT2D eigenvalue weighted by molar-refractivity contribution is 5.65. The first-order valence-corrected chi connectivity index (χ1v) is 6.79. The molecule has 0 fully saturated rings. The van der Waals surface area contributed by atoms with Crippen LogP contribution in [0.5, 0.6) is 0 Å². The molecule has 21 heavy (non-hydrogen) atoms. The molecular formula is C13H16N6O2. The van der Waals surface area contributed by atoms with E-state index in [1.54, 1.807) is 17.1 Å². The summed E-state index contributed by atoms with van der Waals surface area (Å²) in [6, 6.07) is 1.84. The monoisotopic (exact) mass is 288 g/mol.